The van der Waals surface area contributed by atoms with Crippen LogP contribution in [-0.2, 0) is 17.6 Å². The van der Waals surface area contributed by atoms with Crippen LogP contribution in [0.5, 0.6) is 0 Å². The first-order valence-electron chi connectivity index (χ1n) is 20.8. The van der Waals surface area contributed by atoms with E-state index in [0.29, 0.717) is 71.8 Å². The molecular formula is C46H60F2N4O. The Kier molecular flexibility index (Phi) is 14.9. The molecule has 2 aliphatic carbocycles. The van der Waals surface area contributed by atoms with E-state index in [1.807, 2.05) is 36.9 Å². The van der Waals surface area contributed by atoms with Gasteiger partial charge in [-0.25, -0.2) is 28.7 Å². The van der Waals surface area contributed by atoms with Gasteiger partial charge in [-0.05, 0) is 122 Å². The van der Waals surface area contributed by atoms with Crippen LogP contribution >= 0.6 is 0 Å². The molecule has 4 aromatic rings. The highest BCUT2D eigenvalue weighted by atomic mass is 19.1. The molecule has 0 saturated heterocycles. The Morgan fingerprint density at radius 1 is 0.547 bits per heavy atom. The molecule has 2 heterocycles. The van der Waals surface area contributed by atoms with Crippen molar-refractivity contribution in [2.45, 2.75) is 141 Å². The highest BCUT2D eigenvalue weighted by Crippen LogP contribution is 2.39. The number of benzene rings is 2. The molecule has 0 N–H and O–H groups in total. The van der Waals surface area contributed by atoms with E-state index in [-0.39, 0.29) is 11.6 Å². The fraction of sp³-hybridized carbons (Fsp3) is 0.565. The zero-order valence-electron chi connectivity index (χ0n) is 32.2. The molecule has 0 unspecified atom stereocenters. The van der Waals surface area contributed by atoms with Crippen LogP contribution in [0.4, 0.5) is 8.78 Å². The summed E-state index contributed by atoms with van der Waals surface area (Å²) in [5.74, 6) is 3.31. The van der Waals surface area contributed by atoms with Gasteiger partial charge in [-0.15, -0.1) is 0 Å². The molecule has 0 spiro atoms. The largest absolute Gasteiger partial charge is 0.381 e. The number of halogens is 2. The van der Waals surface area contributed by atoms with Crippen molar-refractivity contribution in [3.8, 4) is 22.8 Å². The maximum absolute atomic E-state index is 15.1. The fourth-order valence-electron chi connectivity index (χ4n) is 8.58. The first kappa shape index (κ1) is 39.1. The predicted octanol–water partition coefficient (Wildman–Crippen LogP) is 12.4. The molecule has 2 aliphatic rings. The lowest BCUT2D eigenvalue weighted by Gasteiger charge is -2.28. The monoisotopic (exact) mass is 722 g/mol. The molecule has 0 radical (unpaired) electrons. The number of rotatable bonds is 18. The van der Waals surface area contributed by atoms with Crippen LogP contribution in [0.15, 0.2) is 61.2 Å². The van der Waals surface area contributed by atoms with Crippen molar-refractivity contribution in [1.29, 1.82) is 0 Å². The third-order valence-corrected chi connectivity index (χ3v) is 12.1. The summed E-state index contributed by atoms with van der Waals surface area (Å²) >= 11 is 0. The number of unbranched alkanes of at least 4 members (excludes halogenated alkanes) is 4. The van der Waals surface area contributed by atoms with Crippen LogP contribution in [0, 0.1) is 23.5 Å². The molecule has 5 nitrogen and oxygen atoms in total. The molecule has 2 aromatic heterocycles. The molecule has 0 atom stereocenters. The van der Waals surface area contributed by atoms with E-state index < -0.39 is 0 Å². The molecule has 2 fully saturated rings. The molecule has 284 valence electrons. The van der Waals surface area contributed by atoms with Crippen LogP contribution < -0.4 is 0 Å². The van der Waals surface area contributed by atoms with E-state index in [1.54, 1.807) is 12.1 Å². The van der Waals surface area contributed by atoms with Crippen LogP contribution in [0.1, 0.15) is 151 Å². The Morgan fingerprint density at radius 3 is 1.30 bits per heavy atom. The molecular weight excluding hydrogens is 663 g/mol. The van der Waals surface area contributed by atoms with Crippen LogP contribution in [0.3, 0.4) is 0 Å². The maximum atomic E-state index is 15.1. The van der Waals surface area contributed by atoms with E-state index >= 15 is 8.78 Å². The van der Waals surface area contributed by atoms with Gasteiger partial charge in [0.25, 0.3) is 0 Å². The van der Waals surface area contributed by atoms with Gasteiger partial charge < -0.3 is 4.74 Å². The van der Waals surface area contributed by atoms with Gasteiger partial charge in [-0.2, -0.15) is 0 Å². The minimum Gasteiger partial charge on any atom is -0.381 e. The second kappa shape index (κ2) is 20.2. The lowest BCUT2D eigenvalue weighted by Crippen LogP contribution is -2.14. The third kappa shape index (κ3) is 11.2. The van der Waals surface area contributed by atoms with Gasteiger partial charge in [0.1, 0.15) is 11.6 Å². The average molecular weight is 723 g/mol. The van der Waals surface area contributed by atoms with Crippen molar-refractivity contribution in [1.82, 2.24) is 19.9 Å². The topological polar surface area (TPSA) is 60.8 Å². The number of hydrogen-bond acceptors (Lipinski definition) is 5. The van der Waals surface area contributed by atoms with Crippen molar-refractivity contribution in [2.75, 3.05) is 13.2 Å². The zero-order valence-corrected chi connectivity index (χ0v) is 32.2. The first-order valence-corrected chi connectivity index (χ1v) is 20.8. The van der Waals surface area contributed by atoms with Crippen molar-refractivity contribution in [3.63, 3.8) is 0 Å². The summed E-state index contributed by atoms with van der Waals surface area (Å²) in [5.41, 5.74) is 4.91. The Bertz CT molecular complexity index is 1550. The van der Waals surface area contributed by atoms with Gasteiger partial charge in [0.05, 0.1) is 13.2 Å². The molecule has 6 rings (SSSR count). The Morgan fingerprint density at radius 2 is 0.943 bits per heavy atom. The van der Waals surface area contributed by atoms with Crippen molar-refractivity contribution < 1.29 is 13.5 Å². The summed E-state index contributed by atoms with van der Waals surface area (Å²) < 4.78 is 35.9. The summed E-state index contributed by atoms with van der Waals surface area (Å²) in [6.45, 7) is 5.23. The predicted molar refractivity (Wildman–Crippen MR) is 211 cm³/mol. The minimum absolute atomic E-state index is 0.290. The van der Waals surface area contributed by atoms with Gasteiger partial charge >= 0.3 is 0 Å². The third-order valence-electron chi connectivity index (χ3n) is 12.1. The van der Waals surface area contributed by atoms with Crippen LogP contribution in [-0.4, -0.2) is 33.1 Å². The van der Waals surface area contributed by atoms with E-state index in [1.165, 1.54) is 126 Å². The number of hydrogen-bond donors (Lipinski definition) is 0. The minimum atomic E-state index is -0.290. The average Bonchev–Trinajstić information content (AvgIpc) is 3.20. The second-order valence-corrected chi connectivity index (χ2v) is 15.8. The smallest absolute Gasteiger partial charge is 0.159 e. The van der Waals surface area contributed by atoms with Crippen molar-refractivity contribution >= 4 is 0 Å². The van der Waals surface area contributed by atoms with Gasteiger partial charge in [-0.3, -0.25) is 0 Å². The van der Waals surface area contributed by atoms with Crippen LogP contribution in [0.25, 0.3) is 22.8 Å². The lowest BCUT2D eigenvalue weighted by atomic mass is 9.77. The molecule has 53 heavy (non-hydrogen) atoms. The summed E-state index contributed by atoms with van der Waals surface area (Å²) in [6.07, 6.45) is 29.3. The summed E-state index contributed by atoms with van der Waals surface area (Å²) in [7, 11) is 0. The second-order valence-electron chi connectivity index (χ2n) is 15.8. The van der Waals surface area contributed by atoms with Gasteiger partial charge in [-0.1, -0.05) is 89.5 Å². The molecule has 0 bridgehead atoms. The quantitative estimate of drug-likeness (QED) is 0.0957. The highest BCUT2D eigenvalue weighted by molar-refractivity contribution is 5.56. The molecule has 2 aromatic carbocycles. The van der Waals surface area contributed by atoms with E-state index in [2.05, 4.69) is 33.8 Å². The summed E-state index contributed by atoms with van der Waals surface area (Å²) in [5, 5.41) is 0. The Balaban J connectivity index is 0.910. The molecule has 7 heteroatoms. The van der Waals surface area contributed by atoms with Crippen molar-refractivity contribution in [3.05, 3.63) is 95.1 Å². The highest BCUT2D eigenvalue weighted by Gasteiger charge is 2.24. The zero-order chi connectivity index (χ0) is 36.8. The van der Waals surface area contributed by atoms with E-state index in [4.69, 9.17) is 4.74 Å². The maximum Gasteiger partial charge on any atom is 0.159 e. The summed E-state index contributed by atoms with van der Waals surface area (Å²) in [4.78, 5) is 18.4. The Labute approximate surface area is 316 Å². The van der Waals surface area contributed by atoms with Gasteiger partial charge in [0.2, 0.25) is 0 Å². The normalized spacial score (nSPS) is 20.5. The standard InChI is InChI=1S/C46H60F2N4O/c1-3-5-7-9-33-11-15-35(16-12-33)41-29-49-45(50-30-41)39-21-19-37(43(47)27-39)23-25-53-26-24-38-20-22-40(28-44(38)48)46-51-31-42(32-52-46)36-17-13-34(14-18-36)10-8-6-4-2/h19-22,27-36H,3-18,23-26H2,1-2H3. The van der Waals surface area contributed by atoms with Gasteiger partial charge in [0.15, 0.2) is 11.6 Å². The van der Waals surface area contributed by atoms with E-state index in [9.17, 15) is 0 Å². The first-order chi connectivity index (χ1) is 26.0. The SMILES string of the molecule is CCCCCC1CCC(c2cnc(-c3ccc(CCOCCc4ccc(-c5ncc(C6CCC(CCCCC)CC6)cn5)cc4F)c(F)c3)nc2)CC1. The van der Waals surface area contributed by atoms with E-state index in [0.717, 1.165) is 11.8 Å². The summed E-state index contributed by atoms with van der Waals surface area (Å²) in [6, 6.07) is 10.4. The number of nitrogens with zero attached hydrogens (tertiary/aromatic N) is 4. The van der Waals surface area contributed by atoms with Crippen LogP contribution in [0.2, 0.25) is 0 Å². The Hall–Kier alpha value is -3.58. The fourth-order valence-corrected chi connectivity index (χ4v) is 8.58. The molecule has 0 aliphatic heterocycles. The number of aromatic nitrogens is 4. The lowest BCUT2D eigenvalue weighted by molar-refractivity contribution is 0.139. The van der Waals surface area contributed by atoms with Gasteiger partial charge in [0, 0.05) is 35.9 Å². The van der Waals surface area contributed by atoms with Crippen molar-refractivity contribution in [2.24, 2.45) is 11.8 Å². The molecule has 2 saturated carbocycles. The number of ether oxygens (including phenoxy) is 1. The molecule has 0 amide bonds.